The van der Waals surface area contributed by atoms with E-state index in [1.54, 1.807) is 0 Å². The maximum absolute atomic E-state index is 5.27. The van der Waals surface area contributed by atoms with Crippen LogP contribution in [0.25, 0.3) is 0 Å². The van der Waals surface area contributed by atoms with E-state index in [9.17, 15) is 0 Å². The predicted octanol–water partition coefficient (Wildman–Crippen LogP) is 2.81. The molecular formula is C5H10BrCl. The Hall–Kier alpha value is 0.510. The average molecular weight is 185 g/mol. The van der Waals surface area contributed by atoms with Crippen LogP contribution in [0.1, 0.15) is 7.43 Å². The van der Waals surface area contributed by atoms with Crippen LogP contribution in [0.4, 0.5) is 0 Å². The molecule has 0 aliphatic carbocycles. The van der Waals surface area contributed by atoms with Crippen molar-refractivity contribution < 1.29 is 0 Å². The Morgan fingerprint density at radius 3 is 2.14 bits per heavy atom. The predicted molar refractivity (Wildman–Crippen MR) is 40.4 cm³/mol. The monoisotopic (exact) mass is 184 g/mol. The van der Waals surface area contributed by atoms with Crippen molar-refractivity contribution in [3.63, 3.8) is 0 Å². The van der Waals surface area contributed by atoms with Crippen molar-refractivity contribution in [2.75, 3.05) is 11.2 Å². The first-order valence-electron chi connectivity index (χ1n) is 1.68. The van der Waals surface area contributed by atoms with E-state index in [-0.39, 0.29) is 7.43 Å². The topological polar surface area (TPSA) is 0 Å². The van der Waals surface area contributed by atoms with Crippen LogP contribution in [0.2, 0.25) is 0 Å². The van der Waals surface area contributed by atoms with Crippen LogP contribution in [0.15, 0.2) is 12.2 Å². The van der Waals surface area contributed by atoms with Crippen LogP contribution >= 0.6 is 27.5 Å². The lowest BCUT2D eigenvalue weighted by molar-refractivity contribution is 1.68. The van der Waals surface area contributed by atoms with Gasteiger partial charge in [-0.3, -0.25) is 0 Å². The largest absolute Gasteiger partial charge is 0.122 e. The van der Waals surface area contributed by atoms with Crippen molar-refractivity contribution in [3.8, 4) is 0 Å². The van der Waals surface area contributed by atoms with Gasteiger partial charge in [0.1, 0.15) is 0 Å². The number of halogens is 2. The van der Waals surface area contributed by atoms with Crippen molar-refractivity contribution >= 4 is 27.5 Å². The van der Waals surface area contributed by atoms with Crippen LogP contribution in [0, 0.1) is 0 Å². The maximum Gasteiger partial charge on any atom is 0.0404 e. The summed E-state index contributed by atoms with van der Waals surface area (Å²) < 4.78 is 0. The van der Waals surface area contributed by atoms with Crippen LogP contribution < -0.4 is 0 Å². The molecule has 44 valence electrons. The van der Waals surface area contributed by atoms with Gasteiger partial charge in [0, 0.05) is 11.2 Å². The van der Waals surface area contributed by atoms with Crippen LogP contribution in [-0.2, 0) is 0 Å². The van der Waals surface area contributed by atoms with Crippen molar-refractivity contribution in [2.24, 2.45) is 0 Å². The molecule has 0 aromatic heterocycles. The van der Waals surface area contributed by atoms with E-state index in [2.05, 4.69) is 15.9 Å². The zero-order chi connectivity index (χ0) is 4.83. The second-order valence-electron chi connectivity index (χ2n) is 0.780. The Balaban J connectivity index is 0. The van der Waals surface area contributed by atoms with Crippen molar-refractivity contribution in [1.29, 1.82) is 0 Å². The molecule has 0 aliphatic rings. The lowest BCUT2D eigenvalue weighted by Gasteiger charge is -1.69. The first-order valence-corrected chi connectivity index (χ1v) is 3.34. The summed E-state index contributed by atoms with van der Waals surface area (Å²) >= 11 is 8.48. The zero-order valence-corrected chi connectivity index (χ0v) is 5.67. The Bertz CT molecular complexity index is 37.3. The second-order valence-corrected chi connectivity index (χ2v) is 1.74. The van der Waals surface area contributed by atoms with Gasteiger partial charge < -0.3 is 0 Å². The summed E-state index contributed by atoms with van der Waals surface area (Å²) in [6.07, 6.45) is 3.86. The molecule has 0 radical (unpaired) electrons. The standard InChI is InChI=1S/C4H6BrCl.CH4/c5-3-1-2-4-6;/h1-2H,3-4H2;1H4/b2-1+;. The lowest BCUT2D eigenvalue weighted by atomic mass is 10.6. The molecule has 0 spiro atoms. The van der Waals surface area contributed by atoms with Gasteiger partial charge in [0.25, 0.3) is 0 Å². The molecule has 0 saturated carbocycles. The molecule has 0 unspecified atom stereocenters. The normalized spacial score (nSPS) is 8.86. The summed E-state index contributed by atoms with van der Waals surface area (Å²) in [4.78, 5) is 0. The third-order valence-corrected chi connectivity index (χ3v) is 0.897. The number of allylic oxidation sites excluding steroid dienone is 2. The van der Waals surface area contributed by atoms with E-state index >= 15 is 0 Å². The second kappa shape index (κ2) is 9.72. The van der Waals surface area contributed by atoms with Gasteiger partial charge in [-0.1, -0.05) is 35.5 Å². The molecule has 0 N–H and O–H groups in total. The summed E-state index contributed by atoms with van der Waals surface area (Å²) in [5.41, 5.74) is 0. The smallest absolute Gasteiger partial charge is 0.0404 e. The average Bonchev–Trinajstić information content (AvgIpc) is 1.61. The molecule has 0 nitrogen and oxygen atoms in total. The molecular weight excluding hydrogens is 175 g/mol. The first kappa shape index (κ1) is 10.5. The van der Waals surface area contributed by atoms with Gasteiger partial charge in [0.05, 0.1) is 0 Å². The quantitative estimate of drug-likeness (QED) is 0.458. The van der Waals surface area contributed by atoms with E-state index in [1.165, 1.54) is 0 Å². The van der Waals surface area contributed by atoms with Crippen molar-refractivity contribution in [3.05, 3.63) is 12.2 Å². The summed E-state index contributed by atoms with van der Waals surface area (Å²) in [7, 11) is 0. The minimum atomic E-state index is 0. The third-order valence-electron chi connectivity index (χ3n) is 0.345. The molecule has 0 bridgehead atoms. The Kier molecular flexibility index (Phi) is 14.6. The fourth-order valence-corrected chi connectivity index (χ4v) is 0.516. The number of hydrogen-bond donors (Lipinski definition) is 0. The minimum absolute atomic E-state index is 0. The number of rotatable bonds is 2. The van der Waals surface area contributed by atoms with Crippen LogP contribution in [0.5, 0.6) is 0 Å². The molecule has 0 rings (SSSR count). The SMILES string of the molecule is C.ClC/C=C/CBr. The summed E-state index contributed by atoms with van der Waals surface area (Å²) in [5, 5.41) is 0.903. The van der Waals surface area contributed by atoms with Gasteiger partial charge in [-0.2, -0.15) is 0 Å². The Labute approximate surface area is 58.7 Å². The third kappa shape index (κ3) is 10.7. The first-order chi connectivity index (χ1) is 2.91. The molecule has 0 amide bonds. The maximum atomic E-state index is 5.27. The molecule has 0 aromatic carbocycles. The molecule has 0 fully saturated rings. The van der Waals surface area contributed by atoms with Gasteiger partial charge >= 0.3 is 0 Å². The highest BCUT2D eigenvalue weighted by Crippen LogP contribution is 1.82. The summed E-state index contributed by atoms with van der Waals surface area (Å²) in [6, 6.07) is 0. The van der Waals surface area contributed by atoms with E-state index in [0.717, 1.165) is 5.33 Å². The fraction of sp³-hybridized carbons (Fsp3) is 0.600. The molecule has 0 saturated heterocycles. The Morgan fingerprint density at radius 1 is 1.43 bits per heavy atom. The van der Waals surface area contributed by atoms with Crippen LogP contribution in [-0.4, -0.2) is 11.2 Å². The van der Waals surface area contributed by atoms with Gasteiger partial charge in [0.2, 0.25) is 0 Å². The van der Waals surface area contributed by atoms with Gasteiger partial charge in [0.15, 0.2) is 0 Å². The van der Waals surface area contributed by atoms with E-state index in [0.29, 0.717) is 5.88 Å². The van der Waals surface area contributed by atoms with Gasteiger partial charge in [-0.05, 0) is 0 Å². The fourth-order valence-electron chi connectivity index (χ4n) is 0.126. The van der Waals surface area contributed by atoms with E-state index in [1.807, 2.05) is 12.2 Å². The van der Waals surface area contributed by atoms with Gasteiger partial charge in [-0.25, -0.2) is 0 Å². The summed E-state index contributed by atoms with van der Waals surface area (Å²) in [6.45, 7) is 0. The molecule has 0 heterocycles. The van der Waals surface area contributed by atoms with Gasteiger partial charge in [-0.15, -0.1) is 11.6 Å². The molecule has 2 heteroatoms. The van der Waals surface area contributed by atoms with Crippen molar-refractivity contribution in [2.45, 2.75) is 7.43 Å². The highest BCUT2D eigenvalue weighted by atomic mass is 79.9. The van der Waals surface area contributed by atoms with E-state index < -0.39 is 0 Å². The number of hydrogen-bond acceptors (Lipinski definition) is 0. The van der Waals surface area contributed by atoms with E-state index in [4.69, 9.17) is 11.6 Å². The van der Waals surface area contributed by atoms with Crippen LogP contribution in [0.3, 0.4) is 0 Å². The Morgan fingerprint density at radius 2 is 2.00 bits per heavy atom. The number of alkyl halides is 2. The molecule has 0 aliphatic heterocycles. The minimum Gasteiger partial charge on any atom is -0.122 e. The molecule has 0 atom stereocenters. The highest BCUT2D eigenvalue weighted by Gasteiger charge is 1.62. The molecule has 7 heavy (non-hydrogen) atoms. The highest BCUT2D eigenvalue weighted by molar-refractivity contribution is 9.09. The van der Waals surface area contributed by atoms with Crippen molar-refractivity contribution in [1.82, 2.24) is 0 Å². The summed E-state index contributed by atoms with van der Waals surface area (Å²) in [5.74, 6) is 0.617. The molecule has 0 aromatic rings. The zero-order valence-electron chi connectivity index (χ0n) is 3.32. The lowest BCUT2D eigenvalue weighted by Crippen LogP contribution is -1.59.